The van der Waals surface area contributed by atoms with E-state index in [9.17, 15) is 9.59 Å². The zero-order valence-electron chi connectivity index (χ0n) is 51.5. The van der Waals surface area contributed by atoms with Crippen LogP contribution in [0, 0.1) is 11.8 Å². The molecule has 0 aromatic carbocycles. The fourth-order valence-electron chi connectivity index (χ4n) is 8.04. The molecule has 3 heterocycles. The Bertz CT molecular complexity index is 1440. The van der Waals surface area contributed by atoms with Gasteiger partial charge in [0.25, 0.3) is 0 Å². The number of nitrogens with zero attached hydrogens (tertiary/aromatic N) is 5. The predicted octanol–water partition coefficient (Wildman–Crippen LogP) is 14.1. The van der Waals surface area contributed by atoms with Gasteiger partial charge in [-0.05, 0) is 115 Å². The highest BCUT2D eigenvalue weighted by Gasteiger charge is 2.70. The number of amides is 2. The molecule has 2 amide bonds. The summed E-state index contributed by atoms with van der Waals surface area (Å²) in [7, 11) is 8.19. The fraction of sp³-hybridized carbons (Fsp3) is 0.865. The molecule has 426 valence electrons. The number of carbonyl (C=O) groups excluding carboxylic acids is 3. The molecule has 2 N–H and O–H groups in total. The SMILES string of the molecule is C=O.CCN=COP(CN1C(=O)[C@@H]2[C@H](C1=O)C1(C)C=CC2(C)O1)N(C(C)C)C(C)C.[2H]CCCCCCSSCCCCCCOP(OC=NCC)N(C(C)C)C(C)C.[2H]CCCSSCCCCC.[3H]OC.[3H]OC. The molecule has 14 nitrogen and oxygen atoms in total. The number of hydrogen-bond donors (Lipinski definition) is 2. The van der Waals surface area contributed by atoms with E-state index in [-0.39, 0.29) is 30.2 Å². The number of hydrogen-bond acceptors (Lipinski definition) is 17. The van der Waals surface area contributed by atoms with E-state index in [1.807, 2.05) is 89.8 Å². The Hall–Kier alpha value is -0.490. The largest absolute Gasteiger partial charge is 0.446 e. The first-order valence-corrected chi connectivity index (χ1v) is 33.5. The van der Waals surface area contributed by atoms with Gasteiger partial charge in [0.2, 0.25) is 14.7 Å². The third-order valence-corrected chi connectivity index (χ3v) is 20.4. The van der Waals surface area contributed by atoms with Gasteiger partial charge in [0, 0.05) is 77.2 Å². The minimum Gasteiger partial charge on any atom is -0.446 e. The Morgan fingerprint density at radius 1 is 0.708 bits per heavy atom. The summed E-state index contributed by atoms with van der Waals surface area (Å²) in [4.78, 5) is 44.3. The molecule has 20 heteroatoms. The van der Waals surface area contributed by atoms with Crippen LogP contribution in [0.25, 0.3) is 0 Å². The summed E-state index contributed by atoms with van der Waals surface area (Å²) >= 11 is 0. The second-order valence-corrected chi connectivity index (χ2v) is 26.6. The first kappa shape index (κ1) is 67.6. The lowest BCUT2D eigenvalue weighted by molar-refractivity contribution is -0.145. The number of likely N-dealkylation sites (tertiary alicyclic amines) is 1. The highest BCUT2D eigenvalue weighted by molar-refractivity contribution is 8.77. The van der Waals surface area contributed by atoms with E-state index in [0.29, 0.717) is 32.4 Å². The molecule has 2 saturated heterocycles. The van der Waals surface area contributed by atoms with Crippen LogP contribution >= 0.6 is 60.0 Å². The maximum Gasteiger partial charge on any atom is 0.322 e. The summed E-state index contributed by atoms with van der Waals surface area (Å²) in [5, 5.41) is 7.00. The lowest BCUT2D eigenvalue weighted by Crippen LogP contribution is -2.42. The standard InChI is InChI=1S/C21H45N2O2PS2.C20H32N3O4P.C8H18S2.2CH4O.CH2O/c1-7-9-10-14-17-27-28-18-15-12-11-13-16-24-26(25-19-22-8-2)23(20(3)4)21(5)6;1-8-21-11-26-28(23(13(2)3)14(4)5)12-22-17(24)15-16(18(22)25)20(7)10-9-19(15,6)27-20;1-3-5-6-8-10-9-7-4-2;3*1-2/h19-21H,7-18H2,1-6H3;9-11,13-16H,8,12H2,1-7H3;3-8H2,1-2H3;2*2H,1H3;1H2/t;15-,16+,19?,20?,28?;;;;/i1D;;2D;2*2T;. The Kier molecular flexibility index (Phi) is 44.8. The van der Waals surface area contributed by atoms with E-state index in [4.69, 9.17) is 28.7 Å². The van der Waals surface area contributed by atoms with Gasteiger partial charge in [-0.1, -0.05) is 121 Å². The fourth-order valence-corrected chi connectivity index (χ4v) is 16.0. The molecule has 4 unspecified atom stereocenters. The maximum absolute atomic E-state index is 13.3. The van der Waals surface area contributed by atoms with Crippen LogP contribution < -0.4 is 0 Å². The van der Waals surface area contributed by atoms with Gasteiger partial charge in [0.1, 0.15) is 6.79 Å². The lowest BCUT2D eigenvalue weighted by atomic mass is 9.73. The number of aliphatic imine (C=N–C) groups is 2. The van der Waals surface area contributed by atoms with Gasteiger partial charge in [0.05, 0.1) is 35.9 Å². The molecule has 3 aliphatic rings. The Labute approximate surface area is 465 Å². The Morgan fingerprint density at radius 3 is 1.57 bits per heavy atom. The summed E-state index contributed by atoms with van der Waals surface area (Å²) in [5.74, 6) is 3.73. The minimum atomic E-state index is -1.23. The van der Waals surface area contributed by atoms with Gasteiger partial charge in [-0.3, -0.25) is 24.5 Å². The van der Waals surface area contributed by atoms with Gasteiger partial charge >= 0.3 is 8.53 Å². The number of ether oxygens (including phenoxy) is 1. The number of aliphatic hydroxyl groups excluding tert-OH is 2. The normalized spacial score (nSPS) is 21.3. The zero-order chi connectivity index (χ0) is 58.4. The topological polar surface area (TPSA) is 163 Å². The molecular weight excluding hydrogens is 1030 g/mol. The Balaban J connectivity index is -0.00000105. The minimum absolute atomic E-state index is 0.151. The average molecular weight is 1140 g/mol. The van der Waals surface area contributed by atoms with Gasteiger partial charge in [-0.2, -0.15) is 0 Å². The molecule has 0 spiro atoms. The van der Waals surface area contributed by atoms with Crippen LogP contribution in [0.3, 0.4) is 0 Å². The highest BCUT2D eigenvalue weighted by Crippen LogP contribution is 2.58. The predicted molar refractivity (Wildman–Crippen MR) is 321 cm³/mol. The monoisotopic (exact) mass is 1140 g/mol. The molecule has 3 aliphatic heterocycles. The zero-order valence-corrected chi connectivity index (χ0v) is 52.5. The van der Waals surface area contributed by atoms with E-state index in [0.717, 1.165) is 38.2 Å². The number of aliphatic hydroxyl groups is 2. The smallest absolute Gasteiger partial charge is 0.322 e. The number of unbranched alkanes of at least 4 members (excludes halogenated alkanes) is 8. The third kappa shape index (κ3) is 29.9. The van der Waals surface area contributed by atoms with Crippen LogP contribution in [-0.4, -0.2) is 157 Å². The van der Waals surface area contributed by atoms with Crippen molar-refractivity contribution in [2.45, 2.75) is 216 Å². The first-order chi connectivity index (χ1) is 36.3. The lowest BCUT2D eigenvalue weighted by Gasteiger charge is -2.37. The van der Waals surface area contributed by atoms with Gasteiger partial charge < -0.3 is 33.3 Å². The molecule has 0 aromatic heterocycles. The number of imide groups is 1. The molecular formula is C52H105N5O9P2S4. The summed E-state index contributed by atoms with van der Waals surface area (Å²) in [6.07, 6.45) is 22.0. The first-order valence-electron chi connectivity index (χ1n) is 28.2. The summed E-state index contributed by atoms with van der Waals surface area (Å²) < 4.78 is 54.0. The van der Waals surface area contributed by atoms with Crippen molar-refractivity contribution in [3.8, 4) is 0 Å². The van der Waals surface area contributed by atoms with Crippen LogP contribution in [0.4, 0.5) is 0 Å². The van der Waals surface area contributed by atoms with Crippen LogP contribution in [0.15, 0.2) is 22.1 Å². The molecule has 0 radical (unpaired) electrons. The third-order valence-electron chi connectivity index (χ3n) is 11.0. The van der Waals surface area contributed by atoms with Crippen molar-refractivity contribution in [3.05, 3.63) is 12.2 Å². The van der Waals surface area contributed by atoms with Gasteiger partial charge in [-0.25, -0.2) is 9.34 Å². The van der Waals surface area contributed by atoms with Crippen molar-refractivity contribution in [2.24, 2.45) is 21.8 Å². The van der Waals surface area contributed by atoms with Crippen molar-refractivity contribution < 1.29 is 45.7 Å². The van der Waals surface area contributed by atoms with Gasteiger partial charge in [-0.15, -0.1) is 0 Å². The highest BCUT2D eigenvalue weighted by atomic mass is 33.1. The van der Waals surface area contributed by atoms with E-state index >= 15 is 0 Å². The number of rotatable bonds is 35. The van der Waals surface area contributed by atoms with E-state index < -0.39 is 39.9 Å². The maximum atomic E-state index is 13.3. The molecule has 0 saturated carbocycles. The van der Waals surface area contributed by atoms with Crippen LogP contribution in [-0.2, 0) is 32.7 Å². The van der Waals surface area contributed by atoms with Crippen LogP contribution in [0.2, 0.25) is 0 Å². The number of fused-ring (bicyclic) bond motifs is 5. The van der Waals surface area contributed by atoms with Gasteiger partial charge in [0.15, 0.2) is 21.1 Å². The Morgan fingerprint density at radius 2 is 1.12 bits per heavy atom. The summed E-state index contributed by atoms with van der Waals surface area (Å²) in [5.41, 5.74) is -1.41. The van der Waals surface area contributed by atoms with Crippen molar-refractivity contribution >= 4 is 91.4 Å². The molecule has 0 aliphatic carbocycles. The average Bonchev–Trinajstić information content (AvgIpc) is 3.93. The van der Waals surface area contributed by atoms with Crippen molar-refractivity contribution in [1.82, 2.24) is 14.2 Å². The van der Waals surface area contributed by atoms with Crippen molar-refractivity contribution in [2.75, 3.05) is 63.2 Å². The van der Waals surface area contributed by atoms with Crippen LogP contribution in [0.1, 0.15) is 184 Å². The van der Waals surface area contributed by atoms with E-state index in [1.54, 1.807) is 6.40 Å². The molecule has 0 aromatic rings. The molecule has 2 fully saturated rings. The second-order valence-electron chi connectivity index (χ2n) is 18.2. The summed E-state index contributed by atoms with van der Waals surface area (Å²) in [6.45, 7) is 32.4. The molecule has 6 atom stereocenters. The van der Waals surface area contributed by atoms with E-state index in [2.05, 4.69) is 91.9 Å². The quantitative estimate of drug-likeness (QED) is 0.0117. The molecule has 3 rings (SSSR count). The molecule has 72 heavy (non-hydrogen) atoms. The van der Waals surface area contributed by atoms with Crippen molar-refractivity contribution in [3.63, 3.8) is 0 Å². The second kappa shape index (κ2) is 47.7. The van der Waals surface area contributed by atoms with Crippen LogP contribution in [0.5, 0.6) is 0 Å². The number of carbonyl (C=O) groups is 3. The molecule has 2 bridgehead atoms. The van der Waals surface area contributed by atoms with E-state index in [1.165, 1.54) is 101 Å². The van der Waals surface area contributed by atoms with Crippen molar-refractivity contribution in [1.29, 1.82) is 2.86 Å². The summed E-state index contributed by atoms with van der Waals surface area (Å²) in [6, 6.07) is 1.18.